The van der Waals surface area contributed by atoms with Crippen LogP contribution >= 0.6 is 0 Å². The van der Waals surface area contributed by atoms with Gasteiger partial charge in [0.05, 0.1) is 42.7 Å². The van der Waals surface area contributed by atoms with E-state index in [0.717, 1.165) is 146 Å². The first-order valence-electron chi connectivity index (χ1n) is 37.0. The first-order chi connectivity index (χ1) is 47.1. The Kier molecular flexibility index (Phi) is 22.0. The van der Waals surface area contributed by atoms with E-state index in [1.807, 2.05) is 14.2 Å². The molecule has 8 aromatic rings. The quantitative estimate of drug-likeness (QED) is 0.170. The lowest BCUT2D eigenvalue weighted by Gasteiger charge is -2.28. The Bertz CT molecular complexity index is 4150. The van der Waals surface area contributed by atoms with Crippen molar-refractivity contribution in [1.29, 1.82) is 0 Å². The Morgan fingerprint density at radius 2 is 0.265 bits per heavy atom. The Hall–Kier alpha value is -7.84. The molecule has 0 radical (unpaired) electrons. The molecule has 16 bridgehead atoms. The molecule has 0 aromatic heterocycles. The van der Waals surface area contributed by atoms with E-state index in [1.165, 1.54) is 22.3 Å². The lowest BCUT2D eigenvalue weighted by atomic mass is 9.79. The number of benzene rings is 8. The van der Waals surface area contributed by atoms with Crippen molar-refractivity contribution in [3.05, 3.63) is 231 Å². The summed E-state index contributed by atoms with van der Waals surface area (Å²) < 4.78 is 40.3. The number of hydrogen-bond acceptors (Lipinski definition) is 8. The lowest BCUT2D eigenvalue weighted by molar-refractivity contribution is 0.395. The van der Waals surface area contributed by atoms with Gasteiger partial charge in [-0.1, -0.05) is 263 Å². The fourth-order valence-electron chi connectivity index (χ4n) is 14.8. The van der Waals surface area contributed by atoms with Crippen LogP contribution in [-0.4, -0.2) is 52.9 Å². The maximum absolute atomic E-state index is 13.1. The Labute approximate surface area is 615 Å². The molecule has 0 heterocycles. The molecule has 102 heavy (non-hydrogen) atoms. The minimum Gasteiger partial charge on any atom is -0.507 e. The van der Waals surface area contributed by atoms with Crippen LogP contribution in [0.1, 0.15) is 300 Å². The van der Waals surface area contributed by atoms with Crippen molar-refractivity contribution in [2.75, 3.05) is 42.7 Å². The Morgan fingerprint density at radius 3 is 0.363 bits per heavy atom. The van der Waals surface area contributed by atoms with Crippen LogP contribution in [0.2, 0.25) is 0 Å². The maximum atomic E-state index is 13.1. The molecule has 1 aliphatic carbocycles. The molecule has 8 aromatic carbocycles. The van der Waals surface area contributed by atoms with Gasteiger partial charge in [-0.3, -0.25) is 0 Å². The van der Waals surface area contributed by atoms with Crippen molar-refractivity contribution < 1.29 is 38.6 Å². The van der Waals surface area contributed by atoms with Gasteiger partial charge in [0.25, 0.3) is 0 Å². The van der Waals surface area contributed by atoms with Crippen molar-refractivity contribution in [1.82, 2.24) is 0 Å². The fourth-order valence-corrected chi connectivity index (χ4v) is 14.8. The second-order valence-electron chi connectivity index (χ2n) is 37.7. The normalized spacial score (nSPS) is 13.9. The van der Waals surface area contributed by atoms with Crippen molar-refractivity contribution >= 4 is 0 Å². The van der Waals surface area contributed by atoms with E-state index in [9.17, 15) is 10.2 Å². The fraction of sp³-hybridized carbons (Fsp3) is 0.489. The van der Waals surface area contributed by atoms with Crippen LogP contribution in [0.3, 0.4) is 0 Å². The summed E-state index contributed by atoms with van der Waals surface area (Å²) >= 11 is 0. The summed E-state index contributed by atoms with van der Waals surface area (Å²) in [5, 5.41) is 26.2. The number of rotatable bonds is 6. The van der Waals surface area contributed by atoms with Crippen molar-refractivity contribution in [3.63, 3.8) is 0 Å². The van der Waals surface area contributed by atoms with Gasteiger partial charge in [0.15, 0.2) is 0 Å². The monoisotopic (exact) mass is 1380 g/mol. The summed E-state index contributed by atoms with van der Waals surface area (Å²) in [6.45, 7) is 54.4. The highest BCUT2D eigenvalue weighted by atomic mass is 16.5. The molecule has 0 spiro atoms. The molecule has 1 aliphatic rings. The third kappa shape index (κ3) is 17.0. The average molecular weight is 1380 g/mol. The van der Waals surface area contributed by atoms with Gasteiger partial charge in [0, 0.05) is 51.4 Å². The van der Waals surface area contributed by atoms with Crippen LogP contribution in [0.4, 0.5) is 0 Å². The van der Waals surface area contributed by atoms with Gasteiger partial charge in [-0.2, -0.15) is 0 Å². The van der Waals surface area contributed by atoms with Crippen LogP contribution in [-0.2, 0) is 94.7 Å². The van der Waals surface area contributed by atoms with Gasteiger partial charge >= 0.3 is 0 Å². The zero-order chi connectivity index (χ0) is 75.7. The van der Waals surface area contributed by atoms with Gasteiger partial charge in [0.2, 0.25) is 0 Å². The van der Waals surface area contributed by atoms with Crippen LogP contribution in [0, 0.1) is 0 Å². The van der Waals surface area contributed by atoms with Gasteiger partial charge in [-0.05, 0) is 177 Å². The van der Waals surface area contributed by atoms with E-state index in [4.69, 9.17) is 28.4 Å². The number of methoxy groups -OCH3 is 6. The maximum Gasteiger partial charge on any atom is 0.125 e. The zero-order valence-corrected chi connectivity index (χ0v) is 68.2. The highest BCUT2D eigenvalue weighted by molar-refractivity contribution is 5.63. The third-order valence-electron chi connectivity index (χ3n) is 21.2. The lowest BCUT2D eigenvalue weighted by Crippen LogP contribution is -2.16. The molecule has 8 nitrogen and oxygen atoms in total. The molecule has 0 saturated heterocycles. The number of phenolic OH excluding ortho intramolecular Hbond substituents is 2. The molecule has 2 N–H and O–H groups in total. The summed E-state index contributed by atoms with van der Waals surface area (Å²) in [7, 11) is 10.8. The molecule has 0 amide bonds. The number of fused-ring (bicyclic) bond motifs is 16. The first kappa shape index (κ1) is 78.3. The van der Waals surface area contributed by atoms with Gasteiger partial charge in [0.1, 0.15) is 46.0 Å². The van der Waals surface area contributed by atoms with E-state index < -0.39 is 0 Å². The predicted octanol–water partition coefficient (Wildman–Crippen LogP) is 22.6. The SMILES string of the molecule is COc1c2cc(C(C)(C)C)cc1Cc1cc(C(C)(C)C)cc(c1OC)Cc1cc(C(C)(C)C)cc(c1OC)Cc1cc(C(C)(C)C)cc(c1OC)Cc1cc(C(C)(C)C)cc(c1OC)Cc1cc(C(C)(C)C)cc(c1OC)Cc1cc(C(C)(C)C)cc(c1O)Cc1cc(C(C)(C)C)cc(c1O)C2. The van der Waals surface area contributed by atoms with Gasteiger partial charge in [-0.25, -0.2) is 0 Å². The molecular weight excluding hydrogens is 1260 g/mol. The summed E-state index contributed by atoms with van der Waals surface area (Å²) in [5.41, 5.74) is 23.0. The van der Waals surface area contributed by atoms with E-state index in [0.29, 0.717) is 51.4 Å². The van der Waals surface area contributed by atoms with E-state index in [-0.39, 0.29) is 54.8 Å². The minimum atomic E-state index is -0.289. The molecular formula is C94H124O8. The number of aromatic hydroxyl groups is 2. The van der Waals surface area contributed by atoms with E-state index in [2.05, 4.69) is 263 Å². The standard InChI is InChI=1S/C94H124O8/c1-87(2,3)71-39-55-31-56-40-72(88(4,5)6)42-58(80(56)96)33-60-44-74(90(10,11)12)46-62(82(60)98-26)35-64-48-76(92(16,17)18)50-66(84(64)100-28)37-68-52-78(94(22,23)24)54-70(86(68)102-30)38-69-53-77(93(19,20)21)51-67(85(69)101-29)36-65-49-75(91(13,14)15)47-63(83(65)99-27)34-61-45-73(89(7,8)9)43-59(81(61)97-25)32-57(41-71)79(55)95/h39-54,95-96H,31-38H2,1-30H3. The molecule has 0 aliphatic heterocycles. The minimum absolute atomic E-state index is 0.208. The second kappa shape index (κ2) is 28.7. The van der Waals surface area contributed by atoms with Crippen LogP contribution in [0.15, 0.2) is 97.1 Å². The van der Waals surface area contributed by atoms with Gasteiger partial charge < -0.3 is 38.6 Å². The average Bonchev–Trinajstić information content (AvgIpc) is 0.777. The molecule has 0 fully saturated rings. The number of phenols is 2. The van der Waals surface area contributed by atoms with E-state index in [1.54, 1.807) is 28.4 Å². The Balaban J connectivity index is 1.40. The molecule has 0 unspecified atom stereocenters. The van der Waals surface area contributed by atoms with Crippen molar-refractivity contribution in [3.8, 4) is 46.0 Å². The van der Waals surface area contributed by atoms with Gasteiger partial charge in [-0.15, -0.1) is 0 Å². The molecule has 0 saturated carbocycles. The summed E-state index contributed by atoms with van der Waals surface area (Å²) in [6.07, 6.45) is 3.75. The number of ether oxygens (including phenoxy) is 6. The largest absolute Gasteiger partial charge is 0.507 e. The molecule has 548 valence electrons. The number of hydrogen-bond donors (Lipinski definition) is 2. The van der Waals surface area contributed by atoms with Crippen LogP contribution in [0.25, 0.3) is 0 Å². The molecule has 0 atom stereocenters. The van der Waals surface area contributed by atoms with Crippen molar-refractivity contribution in [2.45, 2.75) is 261 Å². The topological polar surface area (TPSA) is 95.8 Å². The highest BCUT2D eigenvalue weighted by Gasteiger charge is 2.33. The summed E-state index contributed by atoms with van der Waals surface area (Å²) in [5.74, 6) is 5.29. The predicted molar refractivity (Wildman–Crippen MR) is 426 cm³/mol. The third-order valence-corrected chi connectivity index (χ3v) is 21.2. The van der Waals surface area contributed by atoms with E-state index >= 15 is 0 Å². The smallest absolute Gasteiger partial charge is 0.125 e. The second-order valence-corrected chi connectivity index (χ2v) is 37.7. The Morgan fingerprint density at radius 1 is 0.176 bits per heavy atom. The summed E-state index contributed by atoms with van der Waals surface area (Å²) in [6, 6.07) is 36.7. The molecule has 8 heteroatoms. The highest BCUT2D eigenvalue weighted by Crippen LogP contribution is 2.48. The van der Waals surface area contributed by atoms with Crippen LogP contribution < -0.4 is 28.4 Å². The zero-order valence-electron chi connectivity index (χ0n) is 68.2. The first-order valence-corrected chi connectivity index (χ1v) is 37.0. The van der Waals surface area contributed by atoms with Crippen molar-refractivity contribution in [2.24, 2.45) is 0 Å². The molecule has 9 rings (SSSR count). The summed E-state index contributed by atoms with van der Waals surface area (Å²) in [4.78, 5) is 0. The van der Waals surface area contributed by atoms with Crippen LogP contribution in [0.5, 0.6) is 46.0 Å².